The topological polar surface area (TPSA) is 76.5 Å². The van der Waals surface area contributed by atoms with E-state index in [1.165, 1.54) is 28.7 Å². The van der Waals surface area contributed by atoms with E-state index in [2.05, 4.69) is 27.3 Å². The zero-order valence-electron chi connectivity index (χ0n) is 15.7. The number of morpholine rings is 1. The molecule has 0 spiro atoms. The van der Waals surface area contributed by atoms with E-state index in [1.54, 1.807) is 10.9 Å². The van der Waals surface area contributed by atoms with Crippen molar-refractivity contribution < 1.29 is 9.53 Å². The Bertz CT molecular complexity index is 1110. The van der Waals surface area contributed by atoms with Crippen molar-refractivity contribution >= 4 is 44.9 Å². The molecule has 2 aliphatic heterocycles. The monoisotopic (exact) mass is 428 g/mol. The molecule has 1 fully saturated rings. The number of rotatable bonds is 4. The first-order valence-electron chi connectivity index (χ1n) is 9.52. The zero-order chi connectivity index (χ0) is 19.8. The minimum absolute atomic E-state index is 0.0513. The van der Waals surface area contributed by atoms with Gasteiger partial charge in [-0.3, -0.25) is 19.1 Å². The van der Waals surface area contributed by atoms with Crippen molar-refractivity contribution in [2.45, 2.75) is 16.8 Å². The molecule has 0 bridgehead atoms. The molecule has 0 aliphatic carbocycles. The molecule has 1 N–H and O–H groups in total. The molecule has 0 radical (unpaired) electrons. The molecule has 1 unspecified atom stereocenters. The highest BCUT2D eigenvalue weighted by Gasteiger charge is 2.26. The molecule has 1 amide bonds. The maximum Gasteiger partial charge on any atom is 0.271 e. The van der Waals surface area contributed by atoms with E-state index in [9.17, 15) is 9.59 Å². The smallest absolute Gasteiger partial charge is 0.271 e. The summed E-state index contributed by atoms with van der Waals surface area (Å²) < 4.78 is 8.76. The Balaban J connectivity index is 1.52. The largest absolute Gasteiger partial charge is 0.379 e. The lowest BCUT2D eigenvalue weighted by Crippen LogP contribution is -2.41. The highest BCUT2D eigenvalue weighted by atomic mass is 32.2. The predicted octanol–water partition coefficient (Wildman–Crippen LogP) is 2.58. The third kappa shape index (κ3) is 3.59. The molecule has 4 heterocycles. The summed E-state index contributed by atoms with van der Waals surface area (Å²) in [7, 11) is 0. The standard InChI is InChI=1S/C20H20N4O3S2/c25-15-11-28-20-17(22-15)16-18(29-20)19(26)24(12-21-16)10-14(13-4-2-1-3-5-13)23-6-8-27-9-7-23/h1-5,12,14H,6-11H2,(H,22,25). The Hall–Kier alpha value is -2.20. The fourth-order valence-corrected chi connectivity index (χ4v) is 5.99. The van der Waals surface area contributed by atoms with E-state index in [4.69, 9.17) is 4.74 Å². The maximum absolute atomic E-state index is 13.2. The van der Waals surface area contributed by atoms with Gasteiger partial charge in [0.05, 0.1) is 41.2 Å². The molecular weight excluding hydrogens is 408 g/mol. The lowest BCUT2D eigenvalue weighted by molar-refractivity contribution is -0.113. The van der Waals surface area contributed by atoms with Gasteiger partial charge in [0.1, 0.15) is 10.2 Å². The summed E-state index contributed by atoms with van der Waals surface area (Å²) in [6.07, 6.45) is 1.61. The lowest BCUT2D eigenvalue weighted by atomic mass is 10.0. The van der Waals surface area contributed by atoms with Crippen LogP contribution >= 0.6 is 23.1 Å². The average molecular weight is 429 g/mol. The fraction of sp³-hybridized carbons (Fsp3) is 0.350. The van der Waals surface area contributed by atoms with Crippen LogP contribution in [0.15, 0.2) is 45.7 Å². The number of hydrogen-bond acceptors (Lipinski definition) is 7. The van der Waals surface area contributed by atoms with Gasteiger partial charge >= 0.3 is 0 Å². The maximum atomic E-state index is 13.2. The van der Waals surface area contributed by atoms with Crippen LogP contribution in [0.25, 0.3) is 10.2 Å². The van der Waals surface area contributed by atoms with Gasteiger partial charge in [-0.05, 0) is 5.56 Å². The van der Waals surface area contributed by atoms with Crippen molar-refractivity contribution in [3.05, 3.63) is 52.6 Å². The van der Waals surface area contributed by atoms with Gasteiger partial charge in [-0.15, -0.1) is 23.1 Å². The van der Waals surface area contributed by atoms with Crippen LogP contribution in [-0.4, -0.2) is 52.4 Å². The molecule has 1 aromatic carbocycles. The molecule has 0 saturated carbocycles. The van der Waals surface area contributed by atoms with E-state index in [-0.39, 0.29) is 17.5 Å². The van der Waals surface area contributed by atoms with Crippen molar-refractivity contribution in [3.63, 3.8) is 0 Å². The first-order chi connectivity index (χ1) is 14.2. The van der Waals surface area contributed by atoms with E-state index in [1.807, 2.05) is 18.2 Å². The second-order valence-corrected chi connectivity index (χ2v) is 9.32. The Labute approximate surface area is 175 Å². The minimum Gasteiger partial charge on any atom is -0.379 e. The average Bonchev–Trinajstić information content (AvgIpc) is 3.13. The van der Waals surface area contributed by atoms with Gasteiger partial charge in [0.15, 0.2) is 0 Å². The number of carbonyl (C=O) groups excluding carboxylic acids is 1. The summed E-state index contributed by atoms with van der Waals surface area (Å²) in [5, 5.41) is 2.87. The van der Waals surface area contributed by atoms with Gasteiger partial charge < -0.3 is 10.1 Å². The van der Waals surface area contributed by atoms with Crippen LogP contribution in [0.5, 0.6) is 0 Å². The van der Waals surface area contributed by atoms with Gasteiger partial charge in [0.25, 0.3) is 5.56 Å². The number of thiophene rings is 1. The number of fused-ring (bicyclic) bond motifs is 3. The summed E-state index contributed by atoms with van der Waals surface area (Å²) >= 11 is 2.89. The van der Waals surface area contributed by atoms with E-state index in [0.29, 0.717) is 41.4 Å². The number of carbonyl (C=O) groups is 1. The summed E-state index contributed by atoms with van der Waals surface area (Å²) in [5.41, 5.74) is 2.39. The SMILES string of the molecule is O=C1CSc2sc3c(=O)n(CC(c4ccccc4)N4CCOCC4)cnc3c2N1. The van der Waals surface area contributed by atoms with Gasteiger partial charge in [0, 0.05) is 19.6 Å². The summed E-state index contributed by atoms with van der Waals surface area (Å²) in [5.74, 6) is 0.325. The van der Waals surface area contributed by atoms with Gasteiger partial charge in [-0.1, -0.05) is 30.3 Å². The molecule has 2 aromatic heterocycles. The zero-order valence-corrected chi connectivity index (χ0v) is 17.3. The van der Waals surface area contributed by atoms with Gasteiger partial charge in [-0.25, -0.2) is 4.98 Å². The number of amides is 1. The number of benzene rings is 1. The van der Waals surface area contributed by atoms with Crippen molar-refractivity contribution in [2.75, 3.05) is 37.4 Å². The molecule has 3 aromatic rings. The number of anilines is 1. The number of nitrogens with zero attached hydrogens (tertiary/aromatic N) is 3. The number of aromatic nitrogens is 2. The normalized spacial score (nSPS) is 18.4. The Morgan fingerprint density at radius 1 is 1.17 bits per heavy atom. The van der Waals surface area contributed by atoms with Crippen LogP contribution < -0.4 is 10.9 Å². The van der Waals surface area contributed by atoms with E-state index >= 15 is 0 Å². The number of nitrogens with one attached hydrogen (secondary N) is 1. The fourth-order valence-electron chi connectivity index (χ4n) is 3.81. The molecule has 9 heteroatoms. The molecule has 1 saturated heterocycles. The first-order valence-corrected chi connectivity index (χ1v) is 11.3. The highest BCUT2D eigenvalue weighted by molar-refractivity contribution is 8.02. The van der Waals surface area contributed by atoms with Gasteiger partial charge in [-0.2, -0.15) is 0 Å². The summed E-state index contributed by atoms with van der Waals surface area (Å²) in [4.78, 5) is 31.9. The molecule has 2 aliphatic rings. The highest BCUT2D eigenvalue weighted by Crippen LogP contribution is 2.42. The second kappa shape index (κ2) is 7.91. The van der Waals surface area contributed by atoms with Crippen LogP contribution in [0.4, 0.5) is 5.69 Å². The molecule has 29 heavy (non-hydrogen) atoms. The molecule has 7 nitrogen and oxygen atoms in total. The lowest BCUT2D eigenvalue weighted by Gasteiger charge is -2.35. The summed E-state index contributed by atoms with van der Waals surface area (Å²) in [6.45, 7) is 3.59. The second-order valence-electron chi connectivity index (χ2n) is 7.06. The van der Waals surface area contributed by atoms with Crippen LogP contribution in [0.3, 0.4) is 0 Å². The van der Waals surface area contributed by atoms with Crippen molar-refractivity contribution in [1.29, 1.82) is 0 Å². The Morgan fingerprint density at radius 3 is 2.76 bits per heavy atom. The van der Waals surface area contributed by atoms with E-state index < -0.39 is 0 Å². The van der Waals surface area contributed by atoms with Gasteiger partial charge in [0.2, 0.25) is 5.91 Å². The number of thioether (sulfide) groups is 1. The van der Waals surface area contributed by atoms with E-state index in [0.717, 1.165) is 17.3 Å². The molecule has 1 atom stereocenters. The van der Waals surface area contributed by atoms with Crippen LogP contribution in [0.2, 0.25) is 0 Å². The van der Waals surface area contributed by atoms with Crippen molar-refractivity contribution in [3.8, 4) is 0 Å². The molecule has 5 rings (SSSR count). The molecule has 150 valence electrons. The Morgan fingerprint density at radius 2 is 1.97 bits per heavy atom. The third-order valence-electron chi connectivity index (χ3n) is 5.27. The van der Waals surface area contributed by atoms with Crippen LogP contribution in [-0.2, 0) is 16.1 Å². The minimum atomic E-state index is -0.0570. The third-order valence-corrected chi connectivity index (χ3v) is 7.71. The summed E-state index contributed by atoms with van der Waals surface area (Å²) in [6, 6.07) is 10.3. The predicted molar refractivity (Wildman–Crippen MR) is 115 cm³/mol. The quantitative estimate of drug-likeness (QED) is 0.688. The first kappa shape index (κ1) is 18.8. The van der Waals surface area contributed by atoms with Crippen LogP contribution in [0, 0.1) is 0 Å². The van der Waals surface area contributed by atoms with Crippen molar-refractivity contribution in [2.24, 2.45) is 0 Å². The molecular formula is C20H20N4O3S2. The number of hydrogen-bond donors (Lipinski definition) is 1. The Kier molecular flexibility index (Phi) is 5.13. The van der Waals surface area contributed by atoms with Crippen LogP contribution in [0.1, 0.15) is 11.6 Å². The number of ether oxygens (including phenoxy) is 1. The van der Waals surface area contributed by atoms with Crippen molar-refractivity contribution in [1.82, 2.24) is 14.5 Å².